The van der Waals surface area contributed by atoms with Gasteiger partial charge in [0, 0.05) is 0 Å². The standard InChI is InChI=1S/CH4N4O4S.H2O/c2-1-4-8-10(6,7)9-5(1)3;/h3H2,(H2,2,4);1H2. The molecule has 9 nitrogen and oxygen atoms in total. The van der Waals surface area contributed by atoms with Crippen molar-refractivity contribution in [1.82, 2.24) is 5.17 Å². The van der Waals surface area contributed by atoms with E-state index in [2.05, 4.69) is 13.7 Å². The molecule has 0 radical (unpaired) electrons. The molecule has 0 unspecified atom stereocenters. The van der Waals surface area contributed by atoms with E-state index in [-0.39, 0.29) is 16.6 Å². The zero-order valence-corrected chi connectivity index (χ0v) is 5.91. The smallest absolute Gasteiger partial charge is 0.412 e. The number of hydrogen-bond acceptors (Lipinski definition) is 8. The van der Waals surface area contributed by atoms with Crippen LogP contribution in [0.5, 0.6) is 0 Å². The van der Waals surface area contributed by atoms with E-state index in [1.807, 2.05) is 0 Å². The maximum Gasteiger partial charge on any atom is 0.492 e. The highest BCUT2D eigenvalue weighted by Crippen LogP contribution is 2.03. The van der Waals surface area contributed by atoms with Crippen LogP contribution in [0.2, 0.25) is 0 Å². The van der Waals surface area contributed by atoms with Crippen molar-refractivity contribution >= 4 is 16.4 Å². The van der Waals surface area contributed by atoms with Crippen molar-refractivity contribution in [2.24, 2.45) is 16.7 Å². The summed E-state index contributed by atoms with van der Waals surface area (Å²) >= 11 is 0. The third-order valence-electron chi connectivity index (χ3n) is 0.619. The minimum atomic E-state index is -4.13. The maximum absolute atomic E-state index is 10.3. The predicted octanol–water partition coefficient (Wildman–Crippen LogP) is -3.23. The molecule has 0 atom stereocenters. The normalized spacial score (nSPS) is 21.2. The Bertz CT molecular complexity index is 256. The SMILES string of the molecule is NC1=NOS(=O)(=O)ON1N.O. The molecule has 0 fully saturated rings. The van der Waals surface area contributed by atoms with Crippen LogP contribution in [-0.4, -0.2) is 25.0 Å². The zero-order valence-electron chi connectivity index (χ0n) is 5.09. The van der Waals surface area contributed by atoms with Crippen molar-refractivity contribution in [2.45, 2.75) is 0 Å². The third kappa shape index (κ3) is 2.19. The summed E-state index contributed by atoms with van der Waals surface area (Å²) in [5.41, 5.74) is 4.94. The van der Waals surface area contributed by atoms with Gasteiger partial charge in [0.15, 0.2) is 0 Å². The van der Waals surface area contributed by atoms with E-state index in [0.717, 1.165) is 0 Å². The van der Waals surface area contributed by atoms with Gasteiger partial charge in [-0.3, -0.25) is 0 Å². The van der Waals surface area contributed by atoms with E-state index >= 15 is 0 Å². The third-order valence-corrected chi connectivity index (χ3v) is 1.22. The van der Waals surface area contributed by atoms with Crippen LogP contribution in [-0.2, 0) is 19.0 Å². The Morgan fingerprint density at radius 3 is 2.45 bits per heavy atom. The molecule has 10 heteroatoms. The number of guanidine groups is 1. The molecular formula is CH6N4O5S. The van der Waals surface area contributed by atoms with E-state index in [9.17, 15) is 8.42 Å². The number of rotatable bonds is 0. The molecule has 11 heavy (non-hydrogen) atoms. The molecule has 0 aliphatic carbocycles. The van der Waals surface area contributed by atoms with Crippen molar-refractivity contribution in [2.75, 3.05) is 0 Å². The number of hydrazine groups is 1. The van der Waals surface area contributed by atoms with Gasteiger partial charge in [0.25, 0.3) is 5.96 Å². The Labute approximate surface area is 61.7 Å². The summed E-state index contributed by atoms with van der Waals surface area (Å²) in [7, 11) is -4.13. The van der Waals surface area contributed by atoms with Crippen LogP contribution in [0.4, 0.5) is 0 Å². The largest absolute Gasteiger partial charge is 0.492 e. The van der Waals surface area contributed by atoms with E-state index in [0.29, 0.717) is 0 Å². The van der Waals surface area contributed by atoms with Crippen LogP contribution in [0.15, 0.2) is 5.16 Å². The van der Waals surface area contributed by atoms with Crippen LogP contribution in [0.3, 0.4) is 0 Å². The lowest BCUT2D eigenvalue weighted by Gasteiger charge is -2.16. The first-order chi connectivity index (χ1) is 4.51. The average molecular weight is 186 g/mol. The molecule has 1 rings (SSSR count). The molecule has 1 aliphatic heterocycles. The number of oxime groups is 1. The van der Waals surface area contributed by atoms with Crippen molar-refractivity contribution in [3.8, 4) is 0 Å². The number of nitrogens with two attached hydrogens (primary N) is 2. The van der Waals surface area contributed by atoms with Crippen LogP contribution in [0.25, 0.3) is 0 Å². The van der Waals surface area contributed by atoms with Gasteiger partial charge in [-0.15, -0.1) is 5.17 Å². The Kier molecular flexibility index (Phi) is 2.59. The highest BCUT2D eigenvalue weighted by atomic mass is 32.3. The van der Waals surface area contributed by atoms with Crippen LogP contribution >= 0.6 is 0 Å². The molecule has 0 aromatic heterocycles. The van der Waals surface area contributed by atoms with Gasteiger partial charge in [-0.05, 0) is 5.16 Å². The Morgan fingerprint density at radius 2 is 2.09 bits per heavy atom. The molecule has 6 N–H and O–H groups in total. The summed E-state index contributed by atoms with van der Waals surface area (Å²) in [6, 6.07) is 0. The van der Waals surface area contributed by atoms with Crippen molar-refractivity contribution < 1.29 is 22.5 Å². The van der Waals surface area contributed by atoms with E-state index in [1.54, 1.807) is 0 Å². The number of hydrogen-bond donors (Lipinski definition) is 2. The van der Waals surface area contributed by atoms with Gasteiger partial charge in [0.2, 0.25) is 0 Å². The van der Waals surface area contributed by atoms with Crippen LogP contribution in [0.1, 0.15) is 0 Å². The monoisotopic (exact) mass is 186 g/mol. The van der Waals surface area contributed by atoms with Crippen molar-refractivity contribution in [3.63, 3.8) is 0 Å². The summed E-state index contributed by atoms with van der Waals surface area (Å²) < 4.78 is 28.2. The van der Waals surface area contributed by atoms with Gasteiger partial charge >= 0.3 is 10.4 Å². The lowest BCUT2D eigenvalue weighted by atomic mass is 11.1. The first-order valence-corrected chi connectivity index (χ1v) is 3.36. The van der Waals surface area contributed by atoms with Crippen LogP contribution < -0.4 is 11.6 Å². The average Bonchev–Trinajstić information content (AvgIpc) is 1.79. The molecule has 0 saturated carbocycles. The lowest BCUT2D eigenvalue weighted by Crippen LogP contribution is -2.46. The van der Waals surface area contributed by atoms with Gasteiger partial charge in [-0.1, -0.05) is 4.28 Å². The minimum absolute atomic E-state index is 0. The fourth-order valence-corrected chi connectivity index (χ4v) is 0.742. The molecular weight excluding hydrogens is 180 g/mol. The Hall–Kier alpha value is -1.10. The van der Waals surface area contributed by atoms with Gasteiger partial charge < -0.3 is 11.2 Å². The molecule has 0 bridgehead atoms. The van der Waals surface area contributed by atoms with Gasteiger partial charge in [0.1, 0.15) is 0 Å². The maximum atomic E-state index is 10.3. The summed E-state index contributed by atoms with van der Waals surface area (Å²) in [5.74, 6) is 4.47. The van der Waals surface area contributed by atoms with Gasteiger partial charge in [0.05, 0.1) is 0 Å². The second-order valence-electron chi connectivity index (χ2n) is 1.33. The fourth-order valence-electron chi connectivity index (χ4n) is 0.274. The van der Waals surface area contributed by atoms with E-state index in [1.165, 1.54) is 0 Å². The topological polar surface area (TPSA) is 152 Å². The summed E-state index contributed by atoms with van der Waals surface area (Å²) in [6.07, 6.45) is 0. The first-order valence-electron chi connectivity index (χ1n) is 2.03. The molecule has 0 aromatic carbocycles. The quantitative estimate of drug-likeness (QED) is 0.377. The molecule has 1 aliphatic rings. The molecule has 1 heterocycles. The van der Waals surface area contributed by atoms with E-state index in [4.69, 9.17) is 11.6 Å². The molecule has 0 saturated heterocycles. The highest BCUT2D eigenvalue weighted by molar-refractivity contribution is 7.81. The number of nitrogens with zero attached hydrogens (tertiary/aromatic N) is 2. The first kappa shape index (κ1) is 9.90. The predicted molar refractivity (Wildman–Crippen MR) is 32.4 cm³/mol. The summed E-state index contributed by atoms with van der Waals surface area (Å²) in [6.45, 7) is 0. The van der Waals surface area contributed by atoms with Crippen molar-refractivity contribution in [3.05, 3.63) is 0 Å². The molecule has 0 aromatic rings. The van der Waals surface area contributed by atoms with Gasteiger partial charge in [-0.25, -0.2) is 10.1 Å². The lowest BCUT2D eigenvalue weighted by molar-refractivity contribution is -0.0145. The molecule has 66 valence electrons. The summed E-state index contributed by atoms with van der Waals surface area (Å²) in [5, 5.41) is 3.12. The fraction of sp³-hybridized carbons (Fsp3) is 0. The minimum Gasteiger partial charge on any atom is -0.412 e. The van der Waals surface area contributed by atoms with Crippen molar-refractivity contribution in [1.29, 1.82) is 0 Å². The molecule has 0 amide bonds. The van der Waals surface area contributed by atoms with Crippen LogP contribution in [0, 0.1) is 0 Å². The number of hydroxylamine groups is 1. The Morgan fingerprint density at radius 1 is 1.55 bits per heavy atom. The zero-order chi connectivity index (χ0) is 7.78. The van der Waals surface area contributed by atoms with Gasteiger partial charge in [-0.2, -0.15) is 8.42 Å². The van der Waals surface area contributed by atoms with E-state index < -0.39 is 10.4 Å². The summed E-state index contributed by atoms with van der Waals surface area (Å²) in [4.78, 5) is 0. The second-order valence-corrected chi connectivity index (χ2v) is 2.45. The highest BCUT2D eigenvalue weighted by Gasteiger charge is 2.24. The Balaban J connectivity index is 0.000001000. The molecule has 0 spiro atoms. The second kappa shape index (κ2) is 2.87.